The minimum Gasteiger partial charge on any atom is -0.497 e. The second-order valence-electron chi connectivity index (χ2n) is 11.9. The van der Waals surface area contributed by atoms with E-state index in [0.717, 1.165) is 62.7 Å². The van der Waals surface area contributed by atoms with Gasteiger partial charge in [0, 0.05) is 31.4 Å². The van der Waals surface area contributed by atoms with Crippen LogP contribution < -0.4 is 9.47 Å². The Kier molecular flexibility index (Phi) is 14.3. The third-order valence-electron chi connectivity index (χ3n) is 7.96. The van der Waals surface area contributed by atoms with Gasteiger partial charge < -0.3 is 14.4 Å². The molecule has 5 nitrogen and oxygen atoms in total. The summed E-state index contributed by atoms with van der Waals surface area (Å²) >= 11 is 0. The highest BCUT2D eigenvalue weighted by atomic mass is 16.5. The molecular formula is C35H51NO4. The van der Waals surface area contributed by atoms with Crippen molar-refractivity contribution in [2.75, 3.05) is 33.4 Å². The largest absolute Gasteiger partial charge is 0.497 e. The molecule has 1 fully saturated rings. The Labute approximate surface area is 242 Å². The monoisotopic (exact) mass is 549 g/mol. The maximum atomic E-state index is 12.7. The van der Waals surface area contributed by atoms with Crippen molar-refractivity contribution in [3.8, 4) is 11.5 Å². The van der Waals surface area contributed by atoms with Crippen LogP contribution in [0.2, 0.25) is 0 Å². The lowest BCUT2D eigenvalue weighted by Gasteiger charge is -2.23. The molecule has 220 valence electrons. The molecule has 0 amide bonds. The minimum atomic E-state index is 0.128. The Hall–Kier alpha value is -2.66. The fourth-order valence-corrected chi connectivity index (χ4v) is 5.51. The summed E-state index contributed by atoms with van der Waals surface area (Å²) in [5, 5.41) is 0. The molecule has 0 bridgehead atoms. The number of likely N-dealkylation sites (tertiary alicyclic amines) is 1. The van der Waals surface area contributed by atoms with E-state index in [-0.39, 0.29) is 5.78 Å². The van der Waals surface area contributed by atoms with E-state index in [4.69, 9.17) is 9.47 Å². The van der Waals surface area contributed by atoms with Crippen LogP contribution >= 0.6 is 0 Å². The summed E-state index contributed by atoms with van der Waals surface area (Å²) in [6.07, 6.45) is 11.3. The maximum Gasteiger partial charge on any atom is 0.162 e. The van der Waals surface area contributed by atoms with Crippen LogP contribution in [-0.4, -0.2) is 49.8 Å². The molecule has 2 aromatic carbocycles. The smallest absolute Gasteiger partial charge is 0.162 e. The Morgan fingerprint density at radius 1 is 0.800 bits per heavy atom. The van der Waals surface area contributed by atoms with Crippen LogP contribution in [0.25, 0.3) is 0 Å². The van der Waals surface area contributed by atoms with Crippen LogP contribution in [0.1, 0.15) is 100 Å². The Bertz CT molecular complexity index is 993. The van der Waals surface area contributed by atoms with Crippen molar-refractivity contribution >= 4 is 11.6 Å². The van der Waals surface area contributed by atoms with E-state index in [1.807, 2.05) is 24.3 Å². The van der Waals surface area contributed by atoms with Crippen molar-refractivity contribution in [2.24, 2.45) is 11.8 Å². The topological polar surface area (TPSA) is 55.8 Å². The number of benzene rings is 2. The predicted octanol–water partition coefficient (Wildman–Crippen LogP) is 7.95. The molecule has 0 N–H and O–H groups in total. The number of methoxy groups -OCH3 is 1. The van der Waals surface area contributed by atoms with Gasteiger partial charge in [0.25, 0.3) is 0 Å². The second kappa shape index (κ2) is 17.9. The first-order chi connectivity index (χ1) is 19.4. The number of rotatable bonds is 20. The van der Waals surface area contributed by atoms with Crippen LogP contribution in [0.5, 0.6) is 11.5 Å². The normalized spacial score (nSPS) is 14.4. The van der Waals surface area contributed by atoms with Gasteiger partial charge in [-0.05, 0) is 118 Å². The van der Waals surface area contributed by atoms with E-state index in [1.165, 1.54) is 44.3 Å². The van der Waals surface area contributed by atoms with E-state index in [9.17, 15) is 9.59 Å². The molecule has 1 saturated heterocycles. The number of hydrogen-bond donors (Lipinski definition) is 0. The number of unbranched alkanes of at least 4 members (excludes halogenated alkanes) is 2. The quantitative estimate of drug-likeness (QED) is 0.124. The average molecular weight is 550 g/mol. The Morgan fingerprint density at radius 2 is 1.48 bits per heavy atom. The number of hydrogen-bond acceptors (Lipinski definition) is 5. The van der Waals surface area contributed by atoms with Crippen LogP contribution in [0.4, 0.5) is 0 Å². The van der Waals surface area contributed by atoms with Crippen molar-refractivity contribution in [1.82, 2.24) is 4.90 Å². The molecular weight excluding hydrogens is 498 g/mol. The SMILES string of the molecule is COc1ccc(C(=O)CCCCC(=O)CC[C@@H](Cc2ccc(OCCCCC(C)C)cc2)CN2CCCC2)cc1. The molecule has 0 aromatic heterocycles. The van der Waals surface area contributed by atoms with Crippen molar-refractivity contribution < 1.29 is 19.1 Å². The maximum absolute atomic E-state index is 12.7. The van der Waals surface area contributed by atoms with E-state index < -0.39 is 0 Å². The van der Waals surface area contributed by atoms with Crippen molar-refractivity contribution in [1.29, 1.82) is 0 Å². The fraction of sp³-hybridized carbons (Fsp3) is 0.600. The number of ketones is 2. The van der Waals surface area contributed by atoms with Gasteiger partial charge in [-0.3, -0.25) is 9.59 Å². The van der Waals surface area contributed by atoms with Gasteiger partial charge in [-0.25, -0.2) is 0 Å². The molecule has 0 unspecified atom stereocenters. The summed E-state index contributed by atoms with van der Waals surface area (Å²) in [5.41, 5.74) is 2.03. The summed E-state index contributed by atoms with van der Waals surface area (Å²) in [5.74, 6) is 3.38. The fourth-order valence-electron chi connectivity index (χ4n) is 5.51. The van der Waals surface area contributed by atoms with Gasteiger partial charge in [0.05, 0.1) is 13.7 Å². The van der Waals surface area contributed by atoms with E-state index in [1.54, 1.807) is 7.11 Å². The third-order valence-corrected chi connectivity index (χ3v) is 7.96. The van der Waals surface area contributed by atoms with Crippen LogP contribution in [-0.2, 0) is 11.2 Å². The number of ether oxygens (including phenoxy) is 2. The molecule has 0 radical (unpaired) electrons. The van der Waals surface area contributed by atoms with Crippen LogP contribution in [0, 0.1) is 11.8 Å². The first-order valence-corrected chi connectivity index (χ1v) is 15.6. The number of Topliss-reactive ketones (excluding diaryl/α,β-unsaturated/α-hetero) is 2. The van der Waals surface area contributed by atoms with Crippen molar-refractivity contribution in [3.63, 3.8) is 0 Å². The number of carbonyl (C=O) groups is 2. The average Bonchev–Trinajstić information content (AvgIpc) is 3.47. The zero-order valence-corrected chi connectivity index (χ0v) is 25.2. The Morgan fingerprint density at radius 3 is 2.15 bits per heavy atom. The molecule has 40 heavy (non-hydrogen) atoms. The van der Waals surface area contributed by atoms with Gasteiger partial charge >= 0.3 is 0 Å². The zero-order chi connectivity index (χ0) is 28.6. The van der Waals surface area contributed by atoms with Gasteiger partial charge in [0.15, 0.2) is 5.78 Å². The number of carbonyl (C=O) groups excluding carboxylic acids is 2. The van der Waals surface area contributed by atoms with E-state index in [0.29, 0.717) is 36.5 Å². The molecule has 0 spiro atoms. The van der Waals surface area contributed by atoms with Crippen LogP contribution in [0.15, 0.2) is 48.5 Å². The molecule has 2 aromatic rings. The highest BCUT2D eigenvalue weighted by Gasteiger charge is 2.19. The van der Waals surface area contributed by atoms with E-state index >= 15 is 0 Å². The van der Waals surface area contributed by atoms with Gasteiger partial charge in [-0.2, -0.15) is 0 Å². The lowest BCUT2D eigenvalue weighted by molar-refractivity contribution is -0.119. The van der Waals surface area contributed by atoms with Gasteiger partial charge in [-0.15, -0.1) is 0 Å². The molecule has 1 aliphatic rings. The lowest BCUT2D eigenvalue weighted by atomic mass is 9.92. The highest BCUT2D eigenvalue weighted by molar-refractivity contribution is 5.96. The summed E-state index contributed by atoms with van der Waals surface area (Å²) in [6, 6.07) is 15.8. The molecule has 0 aliphatic carbocycles. The molecule has 1 aliphatic heterocycles. The summed E-state index contributed by atoms with van der Waals surface area (Å²) in [7, 11) is 1.62. The first-order valence-electron chi connectivity index (χ1n) is 15.6. The first kappa shape index (κ1) is 31.9. The van der Waals surface area contributed by atoms with Crippen LogP contribution in [0.3, 0.4) is 0 Å². The molecule has 3 rings (SSSR count). The lowest BCUT2D eigenvalue weighted by Crippen LogP contribution is -2.28. The highest BCUT2D eigenvalue weighted by Crippen LogP contribution is 2.22. The van der Waals surface area contributed by atoms with Gasteiger partial charge in [0.2, 0.25) is 0 Å². The second-order valence-corrected chi connectivity index (χ2v) is 11.9. The molecule has 0 saturated carbocycles. The molecule has 5 heteroatoms. The van der Waals surface area contributed by atoms with Gasteiger partial charge in [0.1, 0.15) is 17.3 Å². The molecule has 1 atom stereocenters. The predicted molar refractivity (Wildman–Crippen MR) is 164 cm³/mol. The van der Waals surface area contributed by atoms with E-state index in [2.05, 4.69) is 43.0 Å². The summed E-state index contributed by atoms with van der Waals surface area (Å²) in [4.78, 5) is 27.7. The third kappa shape index (κ3) is 12.2. The Balaban J connectivity index is 1.39. The standard InChI is InChI=1S/C35H51NO4/c1-28(2)10-6-9-25-40-34-19-14-29(15-20-34)26-30(27-36-23-7-8-24-36)13-18-32(37)11-4-5-12-35(38)31-16-21-33(39-3)22-17-31/h14-17,19-22,28,30H,4-13,18,23-27H2,1-3H3/t30-/m0/s1. The number of nitrogens with zero attached hydrogens (tertiary/aromatic N) is 1. The van der Waals surface area contributed by atoms with Crippen molar-refractivity contribution in [3.05, 3.63) is 59.7 Å². The van der Waals surface area contributed by atoms with Crippen molar-refractivity contribution in [2.45, 2.75) is 90.9 Å². The summed E-state index contributed by atoms with van der Waals surface area (Å²) in [6.45, 7) is 8.73. The van der Waals surface area contributed by atoms with Gasteiger partial charge in [-0.1, -0.05) is 32.4 Å². The molecule has 1 heterocycles. The summed E-state index contributed by atoms with van der Waals surface area (Å²) < 4.78 is 11.1. The minimum absolute atomic E-state index is 0.128. The zero-order valence-electron chi connectivity index (χ0n) is 25.2.